The van der Waals surface area contributed by atoms with Crippen LogP contribution in [0.15, 0.2) is 24.3 Å². The maximum absolute atomic E-state index is 11.1. The molecule has 0 aliphatic carbocycles. The van der Waals surface area contributed by atoms with Crippen molar-refractivity contribution in [3.8, 4) is 5.75 Å². The maximum atomic E-state index is 11.1. The van der Waals surface area contributed by atoms with E-state index in [4.69, 9.17) is 4.74 Å². The van der Waals surface area contributed by atoms with Crippen LogP contribution in [0.1, 0.15) is 32.3 Å². The molecule has 0 heterocycles. The second kappa shape index (κ2) is 5.54. The quantitative estimate of drug-likeness (QED) is 0.735. The van der Waals surface area contributed by atoms with Crippen LogP contribution in [0, 0.1) is 0 Å². The summed E-state index contributed by atoms with van der Waals surface area (Å²) in [6.45, 7) is 5.93. The minimum atomic E-state index is -0.574. The van der Waals surface area contributed by atoms with Gasteiger partial charge in [-0.3, -0.25) is 0 Å². The Morgan fingerprint density at radius 2 is 1.69 bits per heavy atom. The van der Waals surface area contributed by atoms with Crippen molar-refractivity contribution in [1.29, 1.82) is 0 Å². The van der Waals surface area contributed by atoms with Crippen LogP contribution < -0.4 is 4.74 Å². The SMILES string of the molecule is COC(=O)C(C)Oc1ccc(C(C)C)cc1. The van der Waals surface area contributed by atoms with E-state index in [1.165, 1.54) is 12.7 Å². The molecule has 0 radical (unpaired) electrons. The zero-order valence-electron chi connectivity index (χ0n) is 10.2. The Morgan fingerprint density at radius 3 is 2.12 bits per heavy atom. The monoisotopic (exact) mass is 222 g/mol. The summed E-state index contributed by atoms with van der Waals surface area (Å²) < 4.78 is 10.0. The second-order valence-electron chi connectivity index (χ2n) is 4.01. The van der Waals surface area contributed by atoms with Crippen molar-refractivity contribution in [2.24, 2.45) is 0 Å². The second-order valence-corrected chi connectivity index (χ2v) is 4.01. The topological polar surface area (TPSA) is 35.5 Å². The Labute approximate surface area is 96.4 Å². The molecule has 0 aromatic heterocycles. The lowest BCUT2D eigenvalue weighted by atomic mass is 10.0. The number of carbonyl (C=O) groups excluding carboxylic acids is 1. The highest BCUT2D eigenvalue weighted by Crippen LogP contribution is 2.19. The molecule has 0 aliphatic heterocycles. The van der Waals surface area contributed by atoms with Crippen LogP contribution in [-0.2, 0) is 9.53 Å². The van der Waals surface area contributed by atoms with E-state index in [1.54, 1.807) is 6.92 Å². The minimum Gasteiger partial charge on any atom is -0.479 e. The molecule has 1 unspecified atom stereocenters. The molecule has 0 saturated carbocycles. The summed E-state index contributed by atoms with van der Waals surface area (Å²) in [6, 6.07) is 7.75. The van der Waals surface area contributed by atoms with E-state index >= 15 is 0 Å². The van der Waals surface area contributed by atoms with Gasteiger partial charge in [0.15, 0.2) is 6.10 Å². The molecule has 0 aliphatic rings. The molecule has 3 heteroatoms. The Morgan fingerprint density at radius 1 is 1.12 bits per heavy atom. The number of carbonyl (C=O) groups is 1. The lowest BCUT2D eigenvalue weighted by Crippen LogP contribution is -2.24. The molecular weight excluding hydrogens is 204 g/mol. The predicted octanol–water partition coefficient (Wildman–Crippen LogP) is 2.75. The lowest BCUT2D eigenvalue weighted by molar-refractivity contribution is -0.147. The van der Waals surface area contributed by atoms with Gasteiger partial charge in [-0.2, -0.15) is 0 Å². The number of methoxy groups -OCH3 is 1. The highest BCUT2D eigenvalue weighted by molar-refractivity contribution is 5.74. The first kappa shape index (κ1) is 12.6. The van der Waals surface area contributed by atoms with E-state index in [1.807, 2.05) is 24.3 Å². The van der Waals surface area contributed by atoms with Gasteiger partial charge in [0, 0.05) is 0 Å². The smallest absolute Gasteiger partial charge is 0.346 e. The van der Waals surface area contributed by atoms with E-state index in [0.29, 0.717) is 11.7 Å². The average Bonchev–Trinajstić information content (AvgIpc) is 2.28. The summed E-state index contributed by atoms with van der Waals surface area (Å²) in [5.74, 6) is 0.808. The molecule has 88 valence electrons. The van der Waals surface area contributed by atoms with Crippen LogP contribution in [0.4, 0.5) is 0 Å². The third kappa shape index (κ3) is 3.26. The molecule has 0 spiro atoms. The summed E-state index contributed by atoms with van der Waals surface area (Å²) in [7, 11) is 1.35. The molecule has 0 fully saturated rings. The number of benzene rings is 1. The number of hydrogen-bond acceptors (Lipinski definition) is 3. The fourth-order valence-electron chi connectivity index (χ4n) is 1.35. The first-order chi connectivity index (χ1) is 7.54. The fraction of sp³-hybridized carbons (Fsp3) is 0.462. The first-order valence-corrected chi connectivity index (χ1v) is 5.39. The van der Waals surface area contributed by atoms with Crippen molar-refractivity contribution >= 4 is 5.97 Å². The van der Waals surface area contributed by atoms with Crippen LogP contribution in [0.25, 0.3) is 0 Å². The van der Waals surface area contributed by atoms with E-state index in [2.05, 4.69) is 18.6 Å². The van der Waals surface area contributed by atoms with E-state index in [9.17, 15) is 4.79 Å². The number of rotatable bonds is 4. The summed E-state index contributed by atoms with van der Waals surface area (Å²) in [5.41, 5.74) is 1.25. The van der Waals surface area contributed by atoms with Gasteiger partial charge in [-0.15, -0.1) is 0 Å². The zero-order valence-corrected chi connectivity index (χ0v) is 10.2. The normalized spacial score (nSPS) is 12.3. The number of ether oxygens (including phenoxy) is 2. The fourth-order valence-corrected chi connectivity index (χ4v) is 1.35. The first-order valence-electron chi connectivity index (χ1n) is 5.39. The van der Waals surface area contributed by atoms with Crippen LogP contribution in [0.5, 0.6) is 5.75 Å². The third-order valence-corrected chi connectivity index (χ3v) is 2.39. The van der Waals surface area contributed by atoms with Crippen molar-refractivity contribution in [2.75, 3.05) is 7.11 Å². The third-order valence-electron chi connectivity index (χ3n) is 2.39. The Hall–Kier alpha value is -1.51. The van der Waals surface area contributed by atoms with Crippen LogP contribution in [0.2, 0.25) is 0 Å². The van der Waals surface area contributed by atoms with Gasteiger partial charge in [0.1, 0.15) is 5.75 Å². The van der Waals surface area contributed by atoms with Gasteiger partial charge in [-0.05, 0) is 30.5 Å². The maximum Gasteiger partial charge on any atom is 0.346 e. The standard InChI is InChI=1S/C13H18O3/c1-9(2)11-5-7-12(8-6-11)16-10(3)13(14)15-4/h5-10H,1-4H3. The van der Waals surface area contributed by atoms with E-state index in [-0.39, 0.29) is 5.97 Å². The molecular formula is C13H18O3. The van der Waals surface area contributed by atoms with Gasteiger partial charge in [-0.25, -0.2) is 4.79 Å². The number of esters is 1. The molecule has 0 amide bonds. The summed E-state index contributed by atoms with van der Waals surface area (Å²) >= 11 is 0. The zero-order chi connectivity index (χ0) is 12.1. The summed E-state index contributed by atoms with van der Waals surface area (Å²) in [5, 5.41) is 0. The molecule has 0 saturated heterocycles. The van der Waals surface area contributed by atoms with Crippen LogP contribution >= 0.6 is 0 Å². The highest BCUT2D eigenvalue weighted by atomic mass is 16.6. The van der Waals surface area contributed by atoms with Crippen molar-refractivity contribution in [2.45, 2.75) is 32.8 Å². The molecule has 1 rings (SSSR count). The van der Waals surface area contributed by atoms with Crippen LogP contribution in [0.3, 0.4) is 0 Å². The number of hydrogen-bond donors (Lipinski definition) is 0. The average molecular weight is 222 g/mol. The molecule has 1 atom stereocenters. The predicted molar refractivity (Wildman–Crippen MR) is 62.6 cm³/mol. The molecule has 16 heavy (non-hydrogen) atoms. The summed E-state index contributed by atoms with van der Waals surface area (Å²) in [6.07, 6.45) is -0.574. The van der Waals surface area contributed by atoms with E-state index in [0.717, 1.165) is 0 Å². The van der Waals surface area contributed by atoms with Gasteiger partial charge in [0.05, 0.1) is 7.11 Å². The Kier molecular flexibility index (Phi) is 4.35. The van der Waals surface area contributed by atoms with Crippen molar-refractivity contribution in [3.05, 3.63) is 29.8 Å². The van der Waals surface area contributed by atoms with Crippen molar-refractivity contribution in [1.82, 2.24) is 0 Å². The Balaban J connectivity index is 2.65. The van der Waals surface area contributed by atoms with Crippen molar-refractivity contribution in [3.63, 3.8) is 0 Å². The van der Waals surface area contributed by atoms with Gasteiger partial charge in [0.25, 0.3) is 0 Å². The summed E-state index contributed by atoms with van der Waals surface area (Å²) in [4.78, 5) is 11.1. The molecule has 3 nitrogen and oxygen atoms in total. The van der Waals surface area contributed by atoms with E-state index < -0.39 is 6.10 Å². The molecule has 0 bridgehead atoms. The van der Waals surface area contributed by atoms with Crippen LogP contribution in [-0.4, -0.2) is 19.2 Å². The lowest BCUT2D eigenvalue weighted by Gasteiger charge is -2.13. The van der Waals surface area contributed by atoms with Gasteiger partial charge >= 0.3 is 5.97 Å². The highest BCUT2D eigenvalue weighted by Gasteiger charge is 2.14. The minimum absolute atomic E-state index is 0.368. The van der Waals surface area contributed by atoms with Gasteiger partial charge in [-0.1, -0.05) is 26.0 Å². The largest absolute Gasteiger partial charge is 0.479 e. The van der Waals surface area contributed by atoms with Gasteiger partial charge in [0.2, 0.25) is 0 Å². The Bertz CT molecular complexity index is 341. The molecule has 1 aromatic rings. The van der Waals surface area contributed by atoms with Gasteiger partial charge < -0.3 is 9.47 Å². The van der Waals surface area contributed by atoms with Crippen molar-refractivity contribution < 1.29 is 14.3 Å². The molecule has 0 N–H and O–H groups in total. The molecule has 1 aromatic carbocycles.